The predicted octanol–water partition coefficient (Wildman–Crippen LogP) is 3.38. The number of nitrogen functional groups attached to an aromatic ring is 1. The Morgan fingerprint density at radius 2 is 2.17 bits per heavy atom. The van der Waals surface area contributed by atoms with Crippen LogP contribution in [0.5, 0.6) is 0 Å². The zero-order valence-electron chi connectivity index (χ0n) is 10.8. The zero-order valence-corrected chi connectivity index (χ0v) is 10.8. The minimum absolute atomic E-state index is 0.227. The number of halogens is 1. The van der Waals surface area contributed by atoms with Gasteiger partial charge < -0.3 is 5.73 Å². The number of rotatable bonds is 4. The molecule has 0 aliphatic rings. The molecule has 2 aromatic rings. The second-order valence-electron chi connectivity index (χ2n) is 4.51. The van der Waals surface area contributed by atoms with Crippen LogP contribution in [-0.2, 0) is 6.54 Å². The Morgan fingerprint density at radius 1 is 1.39 bits per heavy atom. The van der Waals surface area contributed by atoms with Crippen LogP contribution in [0.1, 0.15) is 25.3 Å². The van der Waals surface area contributed by atoms with Crippen molar-refractivity contribution in [2.75, 3.05) is 5.73 Å². The van der Waals surface area contributed by atoms with E-state index in [1.165, 1.54) is 6.07 Å². The van der Waals surface area contributed by atoms with Crippen LogP contribution in [-0.4, -0.2) is 9.78 Å². The maximum Gasteiger partial charge on any atom is 0.126 e. The first kappa shape index (κ1) is 12.6. The van der Waals surface area contributed by atoms with E-state index >= 15 is 0 Å². The molecule has 0 saturated carbocycles. The highest BCUT2D eigenvalue weighted by molar-refractivity contribution is 5.72. The average molecular weight is 247 g/mol. The molecule has 0 atom stereocenters. The lowest BCUT2D eigenvalue weighted by Crippen LogP contribution is -1.98. The molecule has 4 heteroatoms. The molecule has 0 saturated heterocycles. The van der Waals surface area contributed by atoms with Crippen molar-refractivity contribution in [3.8, 4) is 11.3 Å². The Hall–Kier alpha value is -1.84. The Balaban J connectivity index is 2.32. The smallest absolute Gasteiger partial charge is 0.126 e. The molecule has 18 heavy (non-hydrogen) atoms. The van der Waals surface area contributed by atoms with Gasteiger partial charge in [-0.25, -0.2) is 4.39 Å². The van der Waals surface area contributed by atoms with Gasteiger partial charge in [0.2, 0.25) is 0 Å². The number of nitrogens with zero attached hydrogens (tertiary/aromatic N) is 2. The van der Waals surface area contributed by atoms with Gasteiger partial charge >= 0.3 is 0 Å². The fourth-order valence-corrected chi connectivity index (χ4v) is 1.84. The fourth-order valence-electron chi connectivity index (χ4n) is 1.84. The minimum atomic E-state index is -0.227. The normalized spacial score (nSPS) is 10.8. The number of benzene rings is 1. The molecule has 1 aromatic heterocycles. The van der Waals surface area contributed by atoms with Crippen molar-refractivity contribution in [2.24, 2.45) is 0 Å². The molecular formula is C14H18FN3. The van der Waals surface area contributed by atoms with E-state index in [0.29, 0.717) is 16.9 Å². The first-order valence-electron chi connectivity index (χ1n) is 6.21. The van der Waals surface area contributed by atoms with E-state index in [9.17, 15) is 4.39 Å². The van der Waals surface area contributed by atoms with Crippen LogP contribution in [0.4, 0.5) is 10.1 Å². The summed E-state index contributed by atoms with van der Waals surface area (Å²) in [6.07, 6.45) is 3.97. The highest BCUT2D eigenvalue weighted by Gasteiger charge is 2.10. The van der Waals surface area contributed by atoms with E-state index < -0.39 is 0 Å². The summed E-state index contributed by atoms with van der Waals surface area (Å²) in [5.74, 6) is -0.227. The first-order valence-corrected chi connectivity index (χ1v) is 6.21. The van der Waals surface area contributed by atoms with Crippen molar-refractivity contribution >= 4 is 5.69 Å². The van der Waals surface area contributed by atoms with Crippen molar-refractivity contribution in [2.45, 2.75) is 33.2 Å². The molecule has 1 aromatic carbocycles. The van der Waals surface area contributed by atoms with Crippen LogP contribution in [0.25, 0.3) is 11.3 Å². The van der Waals surface area contributed by atoms with Crippen LogP contribution < -0.4 is 5.73 Å². The van der Waals surface area contributed by atoms with Gasteiger partial charge in [-0.1, -0.05) is 25.5 Å². The van der Waals surface area contributed by atoms with Crippen molar-refractivity contribution < 1.29 is 4.39 Å². The highest BCUT2D eigenvalue weighted by atomic mass is 19.1. The van der Waals surface area contributed by atoms with Gasteiger partial charge in [0.05, 0.1) is 5.69 Å². The fraction of sp³-hybridized carbons (Fsp3) is 0.357. The summed E-state index contributed by atoms with van der Waals surface area (Å²) in [5.41, 5.74) is 8.53. The summed E-state index contributed by atoms with van der Waals surface area (Å²) in [6.45, 7) is 4.71. The molecular weight excluding hydrogens is 229 g/mol. The molecule has 0 spiro atoms. The van der Waals surface area contributed by atoms with E-state index in [2.05, 4.69) is 12.0 Å². The van der Waals surface area contributed by atoms with E-state index in [1.807, 2.05) is 16.9 Å². The molecule has 2 rings (SSSR count). The molecule has 0 fully saturated rings. The molecule has 0 unspecified atom stereocenters. The highest BCUT2D eigenvalue weighted by Crippen LogP contribution is 2.25. The van der Waals surface area contributed by atoms with Gasteiger partial charge in [-0.3, -0.25) is 4.68 Å². The lowest BCUT2D eigenvalue weighted by molar-refractivity contribution is 0.573. The second kappa shape index (κ2) is 5.21. The largest absolute Gasteiger partial charge is 0.396 e. The lowest BCUT2D eigenvalue weighted by atomic mass is 10.1. The van der Waals surface area contributed by atoms with Gasteiger partial charge in [0.15, 0.2) is 0 Å². The summed E-state index contributed by atoms with van der Waals surface area (Å²) in [7, 11) is 0. The molecule has 0 radical (unpaired) electrons. The number of nitrogens with two attached hydrogens (primary N) is 1. The van der Waals surface area contributed by atoms with Gasteiger partial charge in [-0.15, -0.1) is 0 Å². The Bertz CT molecular complexity index is 546. The summed E-state index contributed by atoms with van der Waals surface area (Å²) in [6, 6.07) is 5.08. The topological polar surface area (TPSA) is 43.8 Å². The number of hydrogen-bond acceptors (Lipinski definition) is 2. The third-order valence-electron chi connectivity index (χ3n) is 2.98. The summed E-state index contributed by atoms with van der Waals surface area (Å²) < 4.78 is 15.4. The summed E-state index contributed by atoms with van der Waals surface area (Å²) in [4.78, 5) is 0. The number of aryl methyl sites for hydroxylation is 2. The maximum atomic E-state index is 13.5. The number of aromatic nitrogens is 2. The van der Waals surface area contributed by atoms with E-state index in [4.69, 9.17) is 5.73 Å². The third kappa shape index (κ3) is 2.53. The van der Waals surface area contributed by atoms with Crippen LogP contribution in [0, 0.1) is 12.7 Å². The molecule has 0 bridgehead atoms. The molecule has 0 amide bonds. The van der Waals surface area contributed by atoms with E-state index in [0.717, 1.165) is 24.9 Å². The van der Waals surface area contributed by atoms with Gasteiger partial charge in [0, 0.05) is 18.3 Å². The molecule has 96 valence electrons. The van der Waals surface area contributed by atoms with Gasteiger partial charge in [-0.2, -0.15) is 5.10 Å². The quantitative estimate of drug-likeness (QED) is 0.900. The molecule has 1 heterocycles. The Kier molecular flexibility index (Phi) is 3.65. The van der Waals surface area contributed by atoms with Crippen molar-refractivity contribution in [1.29, 1.82) is 0 Å². The van der Waals surface area contributed by atoms with Crippen LogP contribution in [0.15, 0.2) is 24.4 Å². The van der Waals surface area contributed by atoms with Crippen molar-refractivity contribution in [3.05, 3.63) is 35.8 Å². The van der Waals surface area contributed by atoms with Crippen molar-refractivity contribution in [1.82, 2.24) is 9.78 Å². The Morgan fingerprint density at radius 3 is 2.83 bits per heavy atom. The first-order chi connectivity index (χ1) is 8.61. The third-order valence-corrected chi connectivity index (χ3v) is 2.98. The summed E-state index contributed by atoms with van der Waals surface area (Å²) in [5, 5.41) is 4.41. The maximum absolute atomic E-state index is 13.5. The SMILES string of the molecule is CCCCn1cc(N)c(-c2ccc(C)c(F)c2)n1. The van der Waals surface area contributed by atoms with E-state index in [-0.39, 0.29) is 5.82 Å². The van der Waals surface area contributed by atoms with Gasteiger partial charge in [0.1, 0.15) is 11.5 Å². The lowest BCUT2D eigenvalue weighted by Gasteiger charge is -2.01. The number of anilines is 1. The predicted molar refractivity (Wildman–Crippen MR) is 71.7 cm³/mol. The average Bonchev–Trinajstić information content (AvgIpc) is 2.71. The number of hydrogen-bond donors (Lipinski definition) is 1. The molecule has 3 nitrogen and oxygen atoms in total. The Labute approximate surface area is 106 Å². The zero-order chi connectivity index (χ0) is 13.1. The minimum Gasteiger partial charge on any atom is -0.396 e. The molecule has 2 N–H and O–H groups in total. The standard InChI is InChI=1S/C14H18FN3/c1-3-4-7-18-9-13(16)14(17-18)11-6-5-10(2)12(15)8-11/h5-6,8-9H,3-4,7,16H2,1-2H3. The number of unbranched alkanes of at least 4 members (excludes halogenated alkanes) is 1. The van der Waals surface area contributed by atoms with Gasteiger partial charge in [0.25, 0.3) is 0 Å². The van der Waals surface area contributed by atoms with Crippen molar-refractivity contribution in [3.63, 3.8) is 0 Å². The van der Waals surface area contributed by atoms with Crippen LogP contribution >= 0.6 is 0 Å². The second-order valence-corrected chi connectivity index (χ2v) is 4.51. The van der Waals surface area contributed by atoms with Gasteiger partial charge in [-0.05, 0) is 25.0 Å². The molecule has 0 aliphatic carbocycles. The van der Waals surface area contributed by atoms with E-state index in [1.54, 1.807) is 13.0 Å². The molecule has 0 aliphatic heterocycles. The van der Waals surface area contributed by atoms with Crippen LogP contribution in [0.2, 0.25) is 0 Å². The summed E-state index contributed by atoms with van der Waals surface area (Å²) >= 11 is 0. The monoisotopic (exact) mass is 247 g/mol. The van der Waals surface area contributed by atoms with Crippen LogP contribution in [0.3, 0.4) is 0 Å².